The molecule has 0 aromatic heterocycles. The highest BCUT2D eigenvalue weighted by Gasteiger charge is 2.42. The lowest BCUT2D eigenvalue weighted by atomic mass is 10.00. The highest BCUT2D eigenvalue weighted by molar-refractivity contribution is 6.74. The Labute approximate surface area is 268 Å². The van der Waals surface area contributed by atoms with Gasteiger partial charge in [-0.05, 0) is 73.0 Å². The van der Waals surface area contributed by atoms with Crippen LogP contribution in [0.3, 0.4) is 0 Å². The molecule has 0 saturated carbocycles. The van der Waals surface area contributed by atoms with Crippen molar-refractivity contribution in [3.63, 3.8) is 0 Å². The first kappa shape index (κ1) is 36.5. The third-order valence-corrected chi connectivity index (χ3v) is 13.8. The fourth-order valence-electron chi connectivity index (χ4n) is 5.04. The predicted molar refractivity (Wildman–Crippen MR) is 181 cm³/mol. The van der Waals surface area contributed by atoms with Gasteiger partial charge in [0.1, 0.15) is 11.9 Å². The largest absolute Gasteiger partial charge is 0.497 e. The lowest BCUT2D eigenvalue weighted by Gasteiger charge is -2.40. The third-order valence-electron chi connectivity index (χ3n) is 9.31. The van der Waals surface area contributed by atoms with Crippen LogP contribution in [0, 0.1) is 5.92 Å². The molecule has 0 radical (unpaired) electrons. The number of methoxy groups -OCH3 is 1. The van der Waals surface area contributed by atoms with Crippen molar-refractivity contribution in [1.82, 2.24) is 0 Å². The van der Waals surface area contributed by atoms with Crippen LogP contribution in [-0.2, 0) is 36.6 Å². The molecule has 1 saturated heterocycles. The quantitative estimate of drug-likeness (QED) is 0.0935. The zero-order chi connectivity index (χ0) is 32.2. The standard InChI is InChI=1S/C37H58O6Si/c1-10-37(11-2)41-28-35(42-37)34(40-27-31-20-22-32(38-7)23-21-31)19-15-18-33(43-44(8,9)36(4,5)6)29(3)24-25-39-26-30-16-13-12-14-17-30/h12-18,20-23,29,33-35H,10-11,19,24-28H2,1-9H3/b18-15-/t29-,33+,34-,35-/m1/s1. The van der Waals surface area contributed by atoms with Crippen molar-refractivity contribution in [2.24, 2.45) is 5.92 Å². The molecular formula is C37H58O6Si. The van der Waals surface area contributed by atoms with Crippen molar-refractivity contribution < 1.29 is 28.1 Å². The Balaban J connectivity index is 1.71. The van der Waals surface area contributed by atoms with Crippen LogP contribution in [0.4, 0.5) is 0 Å². The fraction of sp³-hybridized carbons (Fsp3) is 0.622. The first-order valence-electron chi connectivity index (χ1n) is 16.4. The van der Waals surface area contributed by atoms with Crippen LogP contribution in [0.2, 0.25) is 18.1 Å². The Kier molecular flexibility index (Phi) is 14.1. The van der Waals surface area contributed by atoms with Gasteiger partial charge in [0.15, 0.2) is 14.1 Å². The zero-order valence-corrected chi connectivity index (χ0v) is 29.8. The summed E-state index contributed by atoms with van der Waals surface area (Å²) in [6.45, 7) is 20.4. The number of hydrogen-bond acceptors (Lipinski definition) is 6. The molecular weight excluding hydrogens is 568 g/mol. The van der Waals surface area contributed by atoms with Crippen molar-refractivity contribution in [3.8, 4) is 5.75 Å². The SMILES string of the molecule is CCC1(CC)OC[C@H]([C@@H](C/C=C\[C@H](O[Si](C)(C)C(C)(C)C)[C@H](C)CCOCc2ccccc2)OCc2ccc(OC)cc2)O1. The molecule has 0 unspecified atom stereocenters. The van der Waals surface area contributed by atoms with E-state index in [1.165, 1.54) is 5.56 Å². The first-order valence-corrected chi connectivity index (χ1v) is 19.3. The maximum Gasteiger partial charge on any atom is 0.192 e. The molecule has 1 fully saturated rings. The molecule has 4 atom stereocenters. The van der Waals surface area contributed by atoms with Gasteiger partial charge in [-0.25, -0.2) is 0 Å². The first-order chi connectivity index (χ1) is 20.9. The van der Waals surface area contributed by atoms with Gasteiger partial charge in [-0.3, -0.25) is 0 Å². The number of benzene rings is 2. The topological polar surface area (TPSA) is 55.4 Å². The summed E-state index contributed by atoms with van der Waals surface area (Å²) in [5, 5.41) is 0.116. The van der Waals surface area contributed by atoms with Gasteiger partial charge >= 0.3 is 0 Å². The van der Waals surface area contributed by atoms with Crippen LogP contribution < -0.4 is 4.74 Å². The summed E-state index contributed by atoms with van der Waals surface area (Å²) in [6.07, 6.45) is 7.46. The van der Waals surface area contributed by atoms with Crippen molar-refractivity contribution in [2.45, 2.75) is 123 Å². The lowest BCUT2D eigenvalue weighted by molar-refractivity contribution is -0.185. The molecule has 0 N–H and O–H groups in total. The van der Waals surface area contributed by atoms with Gasteiger partial charge in [-0.2, -0.15) is 0 Å². The molecule has 1 aliphatic rings. The molecule has 7 heteroatoms. The molecule has 1 heterocycles. The van der Waals surface area contributed by atoms with E-state index in [9.17, 15) is 0 Å². The third kappa shape index (κ3) is 10.8. The van der Waals surface area contributed by atoms with Crippen LogP contribution in [0.5, 0.6) is 5.75 Å². The van der Waals surface area contributed by atoms with Crippen molar-refractivity contribution in [1.29, 1.82) is 0 Å². The Hall–Kier alpha value is -2.00. The molecule has 1 aliphatic heterocycles. The highest BCUT2D eigenvalue weighted by Crippen LogP contribution is 2.39. The second kappa shape index (κ2) is 17.1. The minimum atomic E-state index is -2.01. The second-order valence-electron chi connectivity index (χ2n) is 13.6. The van der Waals surface area contributed by atoms with E-state index in [1.54, 1.807) is 7.11 Å². The van der Waals surface area contributed by atoms with Crippen molar-refractivity contribution in [2.75, 3.05) is 20.3 Å². The number of hydrogen-bond donors (Lipinski definition) is 0. The summed E-state index contributed by atoms with van der Waals surface area (Å²) in [7, 11) is -0.328. The normalized spacial score (nSPS) is 19.2. The van der Waals surface area contributed by atoms with E-state index in [2.05, 4.69) is 91.1 Å². The predicted octanol–water partition coefficient (Wildman–Crippen LogP) is 9.09. The van der Waals surface area contributed by atoms with Crippen molar-refractivity contribution >= 4 is 8.32 Å². The van der Waals surface area contributed by atoms with E-state index in [1.807, 2.05) is 30.3 Å². The molecule has 44 heavy (non-hydrogen) atoms. The van der Waals surface area contributed by atoms with Gasteiger partial charge in [-0.15, -0.1) is 0 Å². The van der Waals surface area contributed by atoms with E-state index >= 15 is 0 Å². The van der Waals surface area contributed by atoms with Gasteiger partial charge in [0, 0.05) is 6.61 Å². The van der Waals surface area contributed by atoms with Crippen LogP contribution in [0.15, 0.2) is 66.7 Å². The van der Waals surface area contributed by atoms with Gasteiger partial charge in [0.25, 0.3) is 0 Å². The molecule has 2 aromatic rings. The summed E-state index contributed by atoms with van der Waals surface area (Å²) in [5.41, 5.74) is 2.29. The Bertz CT molecular complexity index is 1110. The Morgan fingerprint density at radius 1 is 0.977 bits per heavy atom. The van der Waals surface area contributed by atoms with Crippen molar-refractivity contribution in [3.05, 3.63) is 77.9 Å². The smallest absolute Gasteiger partial charge is 0.192 e. The minimum absolute atomic E-state index is 0.00965. The van der Waals surface area contributed by atoms with Crippen LogP contribution >= 0.6 is 0 Å². The number of rotatable bonds is 18. The van der Waals surface area contributed by atoms with Crippen LogP contribution in [0.25, 0.3) is 0 Å². The van der Waals surface area contributed by atoms with E-state index in [0.717, 1.165) is 30.6 Å². The van der Waals surface area contributed by atoms with Crippen LogP contribution in [0.1, 0.15) is 78.4 Å². The van der Waals surface area contributed by atoms with Gasteiger partial charge in [-0.1, -0.05) is 96.2 Å². The maximum atomic E-state index is 6.99. The van der Waals surface area contributed by atoms with E-state index < -0.39 is 14.1 Å². The Morgan fingerprint density at radius 3 is 2.23 bits per heavy atom. The summed E-state index contributed by atoms with van der Waals surface area (Å²) in [4.78, 5) is 0. The molecule has 0 spiro atoms. The zero-order valence-electron chi connectivity index (χ0n) is 28.8. The minimum Gasteiger partial charge on any atom is -0.497 e. The molecule has 0 amide bonds. The Morgan fingerprint density at radius 2 is 1.64 bits per heavy atom. The monoisotopic (exact) mass is 626 g/mol. The fourth-order valence-corrected chi connectivity index (χ4v) is 6.39. The van der Waals surface area contributed by atoms with Gasteiger partial charge in [0.05, 0.1) is 39.1 Å². The molecule has 2 aromatic carbocycles. The molecule has 0 bridgehead atoms. The second-order valence-corrected chi connectivity index (χ2v) is 18.3. The molecule has 246 valence electrons. The molecule has 0 aliphatic carbocycles. The summed E-state index contributed by atoms with van der Waals surface area (Å²) in [6, 6.07) is 18.4. The van der Waals surface area contributed by atoms with Gasteiger partial charge < -0.3 is 28.1 Å². The molecule has 3 rings (SSSR count). The highest BCUT2D eigenvalue weighted by atomic mass is 28.4. The van der Waals surface area contributed by atoms with E-state index in [4.69, 9.17) is 28.1 Å². The maximum absolute atomic E-state index is 6.99. The average molecular weight is 627 g/mol. The van der Waals surface area contributed by atoms with Crippen LogP contribution in [-0.4, -0.2) is 52.7 Å². The summed E-state index contributed by atoms with van der Waals surface area (Å²) in [5.74, 6) is 0.607. The molecule has 6 nitrogen and oxygen atoms in total. The summed E-state index contributed by atoms with van der Waals surface area (Å²) >= 11 is 0. The average Bonchev–Trinajstić information content (AvgIpc) is 3.45. The lowest BCUT2D eigenvalue weighted by Crippen LogP contribution is -2.45. The summed E-state index contributed by atoms with van der Waals surface area (Å²) < 4.78 is 37.6. The van der Waals surface area contributed by atoms with E-state index in [0.29, 0.717) is 38.8 Å². The van der Waals surface area contributed by atoms with Gasteiger partial charge in [0.2, 0.25) is 0 Å². The number of ether oxygens (including phenoxy) is 5. The van der Waals surface area contributed by atoms with E-state index in [-0.39, 0.29) is 23.4 Å².